The van der Waals surface area contributed by atoms with Crippen LogP contribution in [0, 0.1) is 6.92 Å². The molecule has 0 saturated carbocycles. The zero-order chi connectivity index (χ0) is 9.84. The fourth-order valence-corrected chi connectivity index (χ4v) is 1.40. The lowest BCUT2D eigenvalue weighted by Crippen LogP contribution is -1.82. The summed E-state index contributed by atoms with van der Waals surface area (Å²) < 4.78 is 2.13. The molecule has 2 aromatic rings. The molecule has 0 spiro atoms. The topological polar surface area (TPSA) is 4.93 Å². The van der Waals surface area contributed by atoms with Crippen LogP contribution in [0.3, 0.4) is 0 Å². The molecule has 0 aliphatic carbocycles. The molecule has 0 atom stereocenters. The third kappa shape index (κ3) is 2.55. The fraction of sp³-hybridized carbons (Fsp3) is 0.333. The number of aromatic nitrogens is 1. The zero-order valence-corrected chi connectivity index (χ0v) is 10.3. The number of aryl methyl sites for hydroxylation is 2. The SMILES string of the molecule is CC.Cc1ccc2c(ccn2C)c1.S. The van der Waals surface area contributed by atoms with Gasteiger partial charge in [-0.2, -0.15) is 13.5 Å². The number of benzene rings is 1. The highest BCUT2D eigenvalue weighted by atomic mass is 32.1. The fourth-order valence-electron chi connectivity index (χ4n) is 1.40. The molecule has 2 rings (SSSR count). The summed E-state index contributed by atoms with van der Waals surface area (Å²) in [6, 6.07) is 8.64. The van der Waals surface area contributed by atoms with Gasteiger partial charge >= 0.3 is 0 Å². The second kappa shape index (κ2) is 5.76. The third-order valence-corrected chi connectivity index (χ3v) is 2.04. The van der Waals surface area contributed by atoms with Crippen molar-refractivity contribution in [2.24, 2.45) is 7.05 Å². The summed E-state index contributed by atoms with van der Waals surface area (Å²) in [6.45, 7) is 6.12. The van der Waals surface area contributed by atoms with Gasteiger partial charge in [0.05, 0.1) is 0 Å². The van der Waals surface area contributed by atoms with E-state index in [4.69, 9.17) is 0 Å². The van der Waals surface area contributed by atoms with Gasteiger partial charge in [0, 0.05) is 18.8 Å². The maximum atomic E-state index is 2.20. The van der Waals surface area contributed by atoms with Crippen LogP contribution in [-0.4, -0.2) is 4.57 Å². The largest absolute Gasteiger partial charge is 0.351 e. The molecule has 1 nitrogen and oxygen atoms in total. The maximum Gasteiger partial charge on any atom is 0.0477 e. The highest BCUT2D eigenvalue weighted by molar-refractivity contribution is 7.59. The van der Waals surface area contributed by atoms with Gasteiger partial charge in [0.1, 0.15) is 0 Å². The van der Waals surface area contributed by atoms with E-state index in [9.17, 15) is 0 Å². The molecule has 0 bridgehead atoms. The summed E-state index contributed by atoms with van der Waals surface area (Å²) in [7, 11) is 2.07. The zero-order valence-electron chi connectivity index (χ0n) is 9.33. The smallest absolute Gasteiger partial charge is 0.0477 e. The molecule has 1 aromatic carbocycles. The van der Waals surface area contributed by atoms with Crippen molar-refractivity contribution in [1.82, 2.24) is 4.57 Å². The van der Waals surface area contributed by atoms with Crippen LogP contribution < -0.4 is 0 Å². The molecular formula is C12H19NS. The lowest BCUT2D eigenvalue weighted by molar-refractivity contribution is 0.969. The molecule has 0 fully saturated rings. The van der Waals surface area contributed by atoms with Gasteiger partial charge in [-0.1, -0.05) is 25.5 Å². The monoisotopic (exact) mass is 209 g/mol. The molecule has 0 saturated heterocycles. The molecule has 78 valence electrons. The first-order valence-corrected chi connectivity index (χ1v) is 4.79. The second-order valence-electron chi connectivity index (χ2n) is 2.99. The van der Waals surface area contributed by atoms with E-state index < -0.39 is 0 Å². The molecular weight excluding hydrogens is 190 g/mol. The van der Waals surface area contributed by atoms with Gasteiger partial charge in [-0.15, -0.1) is 0 Å². The Morgan fingerprint density at radius 3 is 2.36 bits per heavy atom. The van der Waals surface area contributed by atoms with Gasteiger partial charge in [-0.25, -0.2) is 0 Å². The van der Waals surface area contributed by atoms with Gasteiger partial charge in [0.2, 0.25) is 0 Å². The molecule has 2 heteroatoms. The molecule has 0 amide bonds. The highest BCUT2D eigenvalue weighted by Crippen LogP contribution is 2.15. The van der Waals surface area contributed by atoms with Crippen molar-refractivity contribution in [2.75, 3.05) is 0 Å². The second-order valence-corrected chi connectivity index (χ2v) is 2.99. The Morgan fingerprint density at radius 1 is 1.07 bits per heavy atom. The molecule has 0 N–H and O–H groups in total. The minimum absolute atomic E-state index is 0. The lowest BCUT2D eigenvalue weighted by atomic mass is 10.2. The Morgan fingerprint density at radius 2 is 1.71 bits per heavy atom. The Balaban J connectivity index is 0.000000531. The minimum atomic E-state index is 0. The summed E-state index contributed by atoms with van der Waals surface area (Å²) >= 11 is 0. The highest BCUT2D eigenvalue weighted by Gasteiger charge is 1.95. The minimum Gasteiger partial charge on any atom is -0.351 e. The predicted octanol–water partition coefficient (Wildman–Crippen LogP) is 3.63. The summed E-state index contributed by atoms with van der Waals surface area (Å²) in [5, 5.41) is 1.33. The average Bonchev–Trinajstić information content (AvgIpc) is 2.51. The first-order chi connectivity index (χ1) is 6.27. The van der Waals surface area contributed by atoms with Gasteiger partial charge < -0.3 is 4.57 Å². The Hall–Kier alpha value is -0.890. The van der Waals surface area contributed by atoms with Crippen LogP contribution in [-0.2, 0) is 7.05 Å². The summed E-state index contributed by atoms with van der Waals surface area (Å²) in [5.74, 6) is 0. The van der Waals surface area contributed by atoms with Crippen LogP contribution in [0.1, 0.15) is 19.4 Å². The summed E-state index contributed by atoms with van der Waals surface area (Å²) in [5.41, 5.74) is 2.62. The van der Waals surface area contributed by atoms with E-state index >= 15 is 0 Å². The molecule has 0 aliphatic heterocycles. The van der Waals surface area contributed by atoms with E-state index in [-0.39, 0.29) is 13.5 Å². The Bertz CT molecular complexity index is 390. The molecule has 0 radical (unpaired) electrons. The first-order valence-electron chi connectivity index (χ1n) is 4.79. The van der Waals surface area contributed by atoms with Crippen molar-refractivity contribution in [3.8, 4) is 0 Å². The molecule has 0 unspecified atom stereocenters. The van der Waals surface area contributed by atoms with Crippen LogP contribution >= 0.6 is 13.5 Å². The predicted molar refractivity (Wildman–Crippen MR) is 69.4 cm³/mol. The van der Waals surface area contributed by atoms with Gasteiger partial charge in [-0.3, -0.25) is 0 Å². The van der Waals surface area contributed by atoms with E-state index in [0.29, 0.717) is 0 Å². The standard InChI is InChI=1S/C10H11N.C2H6.H2S/c1-8-3-4-10-9(7-8)5-6-11(10)2;1-2;/h3-7H,1-2H3;1-2H3;1H2. The quantitative estimate of drug-likeness (QED) is 0.624. The van der Waals surface area contributed by atoms with Crippen LogP contribution in [0.2, 0.25) is 0 Å². The summed E-state index contributed by atoms with van der Waals surface area (Å²) in [4.78, 5) is 0. The van der Waals surface area contributed by atoms with Crippen LogP contribution in [0.25, 0.3) is 10.9 Å². The van der Waals surface area contributed by atoms with Crippen LogP contribution in [0.4, 0.5) is 0 Å². The molecule has 14 heavy (non-hydrogen) atoms. The first kappa shape index (κ1) is 13.1. The Kier molecular flexibility index (Phi) is 5.39. The van der Waals surface area contributed by atoms with Crippen molar-refractivity contribution >= 4 is 24.4 Å². The van der Waals surface area contributed by atoms with E-state index in [0.717, 1.165) is 0 Å². The van der Waals surface area contributed by atoms with Crippen LogP contribution in [0.15, 0.2) is 30.5 Å². The number of nitrogens with zero attached hydrogens (tertiary/aromatic N) is 1. The number of hydrogen-bond acceptors (Lipinski definition) is 0. The van der Waals surface area contributed by atoms with Crippen molar-refractivity contribution < 1.29 is 0 Å². The van der Waals surface area contributed by atoms with Gasteiger partial charge in [0.25, 0.3) is 0 Å². The van der Waals surface area contributed by atoms with E-state index in [1.165, 1.54) is 16.5 Å². The van der Waals surface area contributed by atoms with Crippen molar-refractivity contribution in [3.05, 3.63) is 36.0 Å². The molecule has 0 aliphatic rings. The summed E-state index contributed by atoms with van der Waals surface area (Å²) in [6.07, 6.45) is 2.09. The number of hydrogen-bond donors (Lipinski definition) is 0. The molecule has 1 aromatic heterocycles. The van der Waals surface area contributed by atoms with Gasteiger partial charge in [-0.05, 0) is 30.5 Å². The number of fused-ring (bicyclic) bond motifs is 1. The maximum absolute atomic E-state index is 2.20. The van der Waals surface area contributed by atoms with Crippen LogP contribution in [0.5, 0.6) is 0 Å². The van der Waals surface area contributed by atoms with E-state index in [1.807, 2.05) is 13.8 Å². The van der Waals surface area contributed by atoms with Gasteiger partial charge in [0.15, 0.2) is 0 Å². The Labute approximate surface area is 93.2 Å². The van der Waals surface area contributed by atoms with Crippen molar-refractivity contribution in [1.29, 1.82) is 0 Å². The lowest BCUT2D eigenvalue weighted by Gasteiger charge is -1.95. The van der Waals surface area contributed by atoms with Crippen molar-refractivity contribution in [3.63, 3.8) is 0 Å². The van der Waals surface area contributed by atoms with E-state index in [2.05, 4.69) is 49.0 Å². The third-order valence-electron chi connectivity index (χ3n) is 2.04. The normalized spacial score (nSPS) is 8.86. The van der Waals surface area contributed by atoms with Crippen molar-refractivity contribution in [2.45, 2.75) is 20.8 Å². The number of rotatable bonds is 0. The molecule has 1 heterocycles. The van der Waals surface area contributed by atoms with E-state index in [1.54, 1.807) is 0 Å². The average molecular weight is 209 g/mol.